The van der Waals surface area contributed by atoms with E-state index in [4.69, 9.17) is 19.9 Å². The summed E-state index contributed by atoms with van der Waals surface area (Å²) < 4.78 is 16.2. The van der Waals surface area contributed by atoms with E-state index >= 15 is 0 Å². The van der Waals surface area contributed by atoms with Gasteiger partial charge in [0, 0.05) is 26.6 Å². The highest BCUT2D eigenvalue weighted by Gasteiger charge is 2.22. The first-order chi connectivity index (χ1) is 9.22. The number of rotatable bonds is 10. The van der Waals surface area contributed by atoms with Crippen molar-refractivity contribution < 1.29 is 19.0 Å². The van der Waals surface area contributed by atoms with Crippen LogP contribution in [-0.2, 0) is 14.2 Å². The van der Waals surface area contributed by atoms with Gasteiger partial charge in [0.15, 0.2) is 0 Å². The molecule has 1 amide bonds. The molecule has 0 aromatic rings. The Balaban J connectivity index is 3.81. The first-order valence-corrected chi connectivity index (χ1v) is 7.02. The summed E-state index contributed by atoms with van der Waals surface area (Å²) in [6.45, 7) is 9.75. The van der Waals surface area contributed by atoms with Crippen LogP contribution in [0.25, 0.3) is 0 Å². The maximum absolute atomic E-state index is 11.2. The van der Waals surface area contributed by atoms with Crippen molar-refractivity contribution >= 4 is 6.09 Å². The second kappa shape index (κ2) is 9.15. The molecule has 6 heteroatoms. The van der Waals surface area contributed by atoms with Gasteiger partial charge in [-0.1, -0.05) is 0 Å². The number of nitrogens with two attached hydrogens (primary N) is 1. The van der Waals surface area contributed by atoms with Crippen LogP contribution in [0.3, 0.4) is 0 Å². The standard InChI is InChI=1S/C14H30N2O4/c1-13(2,18-5)7-11-20-14(3,4)6-10-19-12(17)16-9-8-15/h6-11,15H2,1-5H3,(H,16,17). The number of carbonyl (C=O) groups excluding carboxylic acids is 1. The molecule has 0 aromatic heterocycles. The van der Waals surface area contributed by atoms with E-state index in [1.807, 2.05) is 27.7 Å². The average Bonchev–Trinajstić information content (AvgIpc) is 2.35. The predicted octanol–water partition coefficient (Wildman–Crippen LogP) is 1.67. The lowest BCUT2D eigenvalue weighted by atomic mass is 10.0. The quantitative estimate of drug-likeness (QED) is 0.639. The lowest BCUT2D eigenvalue weighted by Gasteiger charge is -2.28. The van der Waals surface area contributed by atoms with E-state index in [-0.39, 0.29) is 11.2 Å². The summed E-state index contributed by atoms with van der Waals surface area (Å²) in [6, 6.07) is 0. The zero-order valence-corrected chi connectivity index (χ0v) is 13.5. The van der Waals surface area contributed by atoms with Crippen molar-refractivity contribution in [1.29, 1.82) is 0 Å². The summed E-state index contributed by atoms with van der Waals surface area (Å²) in [6.07, 6.45) is 1.01. The molecule has 3 N–H and O–H groups in total. The molecule has 0 spiro atoms. The minimum absolute atomic E-state index is 0.186. The largest absolute Gasteiger partial charge is 0.449 e. The maximum atomic E-state index is 11.2. The fourth-order valence-electron chi connectivity index (χ4n) is 1.36. The summed E-state index contributed by atoms with van der Waals surface area (Å²) in [5.74, 6) is 0. The molecule has 0 bridgehead atoms. The molecule has 0 saturated carbocycles. The number of carbonyl (C=O) groups is 1. The molecule has 0 radical (unpaired) electrons. The van der Waals surface area contributed by atoms with Crippen LogP contribution >= 0.6 is 0 Å². The fraction of sp³-hybridized carbons (Fsp3) is 0.929. The molecule has 0 aliphatic carbocycles. The van der Waals surface area contributed by atoms with E-state index in [1.165, 1.54) is 0 Å². The van der Waals surface area contributed by atoms with Crippen LogP contribution in [0, 0.1) is 0 Å². The second-order valence-electron chi connectivity index (χ2n) is 5.92. The van der Waals surface area contributed by atoms with E-state index in [0.717, 1.165) is 6.42 Å². The monoisotopic (exact) mass is 290 g/mol. The summed E-state index contributed by atoms with van der Waals surface area (Å²) >= 11 is 0. The molecule has 0 fully saturated rings. The van der Waals surface area contributed by atoms with Crippen LogP contribution in [0.2, 0.25) is 0 Å². The molecule has 0 rings (SSSR count). The van der Waals surface area contributed by atoms with E-state index in [1.54, 1.807) is 7.11 Å². The normalized spacial score (nSPS) is 12.3. The van der Waals surface area contributed by atoms with Crippen molar-refractivity contribution in [2.75, 3.05) is 33.4 Å². The minimum Gasteiger partial charge on any atom is -0.449 e. The summed E-state index contributed by atoms with van der Waals surface area (Å²) in [7, 11) is 1.69. The molecule has 0 aliphatic rings. The van der Waals surface area contributed by atoms with Crippen molar-refractivity contribution in [3.63, 3.8) is 0 Å². The first-order valence-electron chi connectivity index (χ1n) is 7.02. The highest BCUT2D eigenvalue weighted by atomic mass is 16.6. The Kier molecular flexibility index (Phi) is 8.76. The fourth-order valence-corrected chi connectivity index (χ4v) is 1.36. The Hall–Kier alpha value is -0.850. The van der Waals surface area contributed by atoms with Crippen molar-refractivity contribution in [2.45, 2.75) is 51.7 Å². The lowest BCUT2D eigenvalue weighted by Crippen LogP contribution is -2.33. The zero-order valence-electron chi connectivity index (χ0n) is 13.5. The van der Waals surface area contributed by atoms with Crippen LogP contribution in [0.4, 0.5) is 4.79 Å². The lowest BCUT2D eigenvalue weighted by molar-refractivity contribution is -0.0662. The first kappa shape index (κ1) is 19.1. The maximum Gasteiger partial charge on any atom is 0.407 e. The number of hydrogen-bond acceptors (Lipinski definition) is 5. The second-order valence-corrected chi connectivity index (χ2v) is 5.92. The Morgan fingerprint density at radius 1 is 1.10 bits per heavy atom. The van der Waals surface area contributed by atoms with Gasteiger partial charge in [0.2, 0.25) is 0 Å². The van der Waals surface area contributed by atoms with Gasteiger partial charge >= 0.3 is 6.09 Å². The molecule has 0 unspecified atom stereocenters. The molecule has 0 aromatic carbocycles. The van der Waals surface area contributed by atoms with Gasteiger partial charge in [-0.25, -0.2) is 4.79 Å². The number of amides is 1. The summed E-state index contributed by atoms with van der Waals surface area (Å²) in [4.78, 5) is 11.2. The number of nitrogens with one attached hydrogen (secondary N) is 1. The smallest absolute Gasteiger partial charge is 0.407 e. The van der Waals surface area contributed by atoms with Crippen molar-refractivity contribution in [3.05, 3.63) is 0 Å². The van der Waals surface area contributed by atoms with E-state index in [9.17, 15) is 4.79 Å². The molecule has 120 valence electrons. The van der Waals surface area contributed by atoms with Crippen LogP contribution in [-0.4, -0.2) is 50.7 Å². The van der Waals surface area contributed by atoms with Gasteiger partial charge in [-0.05, 0) is 34.1 Å². The highest BCUT2D eigenvalue weighted by Crippen LogP contribution is 2.18. The SMILES string of the molecule is COC(C)(C)CCOC(C)(C)CCOC(=O)NCCN. The third-order valence-electron chi connectivity index (χ3n) is 3.10. The topological polar surface area (TPSA) is 82.8 Å². The molecule has 6 nitrogen and oxygen atoms in total. The molecule has 20 heavy (non-hydrogen) atoms. The van der Waals surface area contributed by atoms with Crippen LogP contribution in [0.15, 0.2) is 0 Å². The molecule has 0 heterocycles. The molecular weight excluding hydrogens is 260 g/mol. The number of hydrogen-bond donors (Lipinski definition) is 2. The Morgan fingerprint density at radius 2 is 1.70 bits per heavy atom. The van der Waals surface area contributed by atoms with Crippen molar-refractivity contribution in [2.24, 2.45) is 5.73 Å². The van der Waals surface area contributed by atoms with Gasteiger partial charge in [0.1, 0.15) is 0 Å². The van der Waals surface area contributed by atoms with Gasteiger partial charge in [0.05, 0.1) is 24.4 Å². The molecule has 0 saturated heterocycles. The van der Waals surface area contributed by atoms with E-state index < -0.39 is 6.09 Å². The van der Waals surface area contributed by atoms with Gasteiger partial charge < -0.3 is 25.3 Å². The number of methoxy groups -OCH3 is 1. The third-order valence-corrected chi connectivity index (χ3v) is 3.10. The summed E-state index contributed by atoms with van der Waals surface area (Å²) in [5.41, 5.74) is 4.75. The van der Waals surface area contributed by atoms with Gasteiger partial charge in [-0.2, -0.15) is 0 Å². The molecule has 0 atom stereocenters. The Bertz CT molecular complexity index is 280. The van der Waals surface area contributed by atoms with Crippen LogP contribution in [0.1, 0.15) is 40.5 Å². The average molecular weight is 290 g/mol. The van der Waals surface area contributed by atoms with Crippen LogP contribution < -0.4 is 11.1 Å². The van der Waals surface area contributed by atoms with Crippen molar-refractivity contribution in [1.82, 2.24) is 5.32 Å². The highest BCUT2D eigenvalue weighted by molar-refractivity contribution is 5.67. The van der Waals surface area contributed by atoms with Crippen molar-refractivity contribution in [3.8, 4) is 0 Å². The molecular formula is C14H30N2O4. The molecule has 0 aliphatic heterocycles. The van der Waals surface area contributed by atoms with E-state index in [0.29, 0.717) is 32.7 Å². The number of ether oxygens (including phenoxy) is 3. The Labute approximate surface area is 122 Å². The van der Waals surface area contributed by atoms with Gasteiger partial charge in [-0.3, -0.25) is 0 Å². The third kappa shape index (κ3) is 10.00. The predicted molar refractivity (Wildman–Crippen MR) is 78.8 cm³/mol. The van der Waals surface area contributed by atoms with Gasteiger partial charge in [0.25, 0.3) is 0 Å². The Morgan fingerprint density at radius 3 is 2.25 bits per heavy atom. The zero-order chi connectivity index (χ0) is 15.6. The minimum atomic E-state index is -0.438. The summed E-state index contributed by atoms with van der Waals surface area (Å²) in [5, 5.41) is 2.55. The number of alkyl carbamates (subject to hydrolysis) is 1. The van der Waals surface area contributed by atoms with Crippen LogP contribution in [0.5, 0.6) is 0 Å². The van der Waals surface area contributed by atoms with E-state index in [2.05, 4.69) is 5.32 Å². The van der Waals surface area contributed by atoms with Gasteiger partial charge in [-0.15, -0.1) is 0 Å².